The maximum Gasteiger partial charge on any atom is 0.401 e. The average Bonchev–Trinajstić information content (AvgIpc) is 1.55. The topological polar surface area (TPSA) is 0 Å². The molecule has 0 aromatic heterocycles. The Morgan fingerprint density at radius 3 is 0.917 bits per heavy atom. The highest BCUT2D eigenvalue weighted by atomic mass is 35.5. The summed E-state index contributed by atoms with van der Waals surface area (Å²) in [4.78, 5) is -5.38. The normalized spacial score (nSPS) is 12.5. The second-order valence-corrected chi connectivity index (χ2v) is 4.01. The van der Waals surface area contributed by atoms with Crippen LogP contribution in [0.4, 0.5) is 17.6 Å². The molecule has 0 aliphatic heterocycles. The third-order valence-corrected chi connectivity index (χ3v) is 1.24. The number of hydrogen-bond acceptors (Lipinski definition) is 0. The molecule has 0 saturated heterocycles. The van der Waals surface area contributed by atoms with Gasteiger partial charge in [-0.2, -0.15) is 17.6 Å². The zero-order chi connectivity index (χ0) is 10.6. The van der Waals surface area contributed by atoms with Crippen LogP contribution in [0.15, 0.2) is 0 Å². The second-order valence-electron chi connectivity index (χ2n) is 1.27. The van der Waals surface area contributed by atoms with Crippen LogP contribution in [0.5, 0.6) is 0 Å². The van der Waals surface area contributed by atoms with Crippen molar-refractivity contribution in [3.8, 4) is 0 Å². The van der Waals surface area contributed by atoms with Gasteiger partial charge in [0.15, 0.2) is 4.84 Å². The van der Waals surface area contributed by atoms with E-state index in [2.05, 4.69) is 58.0 Å². The van der Waals surface area contributed by atoms with Crippen LogP contribution in [0.2, 0.25) is 0 Å². The van der Waals surface area contributed by atoms with Crippen molar-refractivity contribution >= 4 is 58.0 Å². The van der Waals surface area contributed by atoms with E-state index in [-0.39, 0.29) is 0 Å². The molecule has 0 bridgehead atoms. The Hall–Kier alpha value is 1.17. The van der Waals surface area contributed by atoms with Gasteiger partial charge in [-0.1, -0.05) is 23.2 Å². The maximum absolute atomic E-state index is 11.3. The third kappa shape index (κ3) is 22.5. The second kappa shape index (κ2) is 5.81. The maximum atomic E-state index is 11.3. The molecular weight excluding hydrogens is 289 g/mol. The van der Waals surface area contributed by atoms with Crippen LogP contribution in [0, 0.1) is 0 Å². The summed E-state index contributed by atoms with van der Waals surface area (Å²) in [6, 6.07) is 0. The highest BCUT2D eigenvalue weighted by Gasteiger charge is 2.33. The lowest BCUT2D eigenvalue weighted by atomic mass is 10.8. The average molecular weight is 290 g/mol. The Balaban J connectivity index is 0. The number of alkyl halides is 9. The first-order valence-electron chi connectivity index (χ1n) is 2.05. The van der Waals surface area contributed by atoms with Gasteiger partial charge in [-0.15, -0.1) is 0 Å². The van der Waals surface area contributed by atoms with E-state index in [1.165, 1.54) is 0 Å². The minimum Gasteiger partial charge on any atom is -0.185 e. The molecule has 9 heteroatoms. The van der Waals surface area contributed by atoms with E-state index in [9.17, 15) is 17.6 Å². The van der Waals surface area contributed by atoms with Gasteiger partial charge < -0.3 is 0 Å². The van der Waals surface area contributed by atoms with E-state index in [1.807, 2.05) is 0 Å². The van der Waals surface area contributed by atoms with Crippen LogP contribution in [-0.4, -0.2) is 15.1 Å². The van der Waals surface area contributed by atoms with Crippen LogP contribution in [0.25, 0.3) is 0 Å². The number of hydrogen-bond donors (Lipinski definition) is 0. The molecular formula is C3HCl5F4. The Bertz CT molecular complexity index is 109. The molecule has 0 aliphatic carbocycles. The minimum atomic E-state index is -3.56. The lowest BCUT2D eigenvalue weighted by Crippen LogP contribution is -2.15. The summed E-state index contributed by atoms with van der Waals surface area (Å²) in [5.41, 5.74) is 0. The molecule has 0 heterocycles. The van der Waals surface area contributed by atoms with Crippen LogP contribution < -0.4 is 0 Å². The number of halogens is 9. The predicted molar refractivity (Wildman–Crippen MR) is 42.9 cm³/mol. The van der Waals surface area contributed by atoms with Gasteiger partial charge in [-0.3, -0.25) is 0 Å². The van der Waals surface area contributed by atoms with E-state index < -0.39 is 15.1 Å². The van der Waals surface area contributed by atoms with Crippen molar-refractivity contribution in [1.82, 2.24) is 0 Å². The van der Waals surface area contributed by atoms with Crippen molar-refractivity contribution < 1.29 is 17.6 Å². The zero-order valence-electron chi connectivity index (χ0n) is 4.98. The van der Waals surface area contributed by atoms with Gasteiger partial charge in [0.2, 0.25) is 0 Å². The molecule has 0 amide bonds. The molecule has 0 radical (unpaired) electrons. The summed E-state index contributed by atoms with van der Waals surface area (Å²) >= 11 is 21.5. The quantitative estimate of drug-likeness (QED) is 0.487. The fourth-order valence-corrected chi connectivity index (χ4v) is 0. The molecule has 0 saturated carbocycles. The minimum absolute atomic E-state index is 1.82. The molecule has 0 aromatic rings. The van der Waals surface area contributed by atoms with Gasteiger partial charge in [0.1, 0.15) is 0 Å². The van der Waals surface area contributed by atoms with Crippen molar-refractivity contribution in [2.24, 2.45) is 0 Å². The van der Waals surface area contributed by atoms with E-state index in [0.29, 0.717) is 0 Å². The molecule has 0 aromatic carbocycles. The Kier molecular flexibility index (Phi) is 7.57. The van der Waals surface area contributed by atoms with Crippen molar-refractivity contribution in [2.75, 3.05) is 0 Å². The first-order valence-corrected chi connectivity index (χ1v) is 4.05. The van der Waals surface area contributed by atoms with Crippen molar-refractivity contribution in [3.05, 3.63) is 0 Å². The molecule has 12 heavy (non-hydrogen) atoms. The van der Waals surface area contributed by atoms with Crippen LogP contribution >= 0.6 is 58.0 Å². The fourth-order valence-electron chi connectivity index (χ4n) is 0. The van der Waals surface area contributed by atoms with Crippen LogP contribution in [0.3, 0.4) is 0 Å². The summed E-state index contributed by atoms with van der Waals surface area (Å²) < 4.78 is 43.8. The van der Waals surface area contributed by atoms with Gasteiger partial charge in [0, 0.05) is 0 Å². The largest absolute Gasteiger partial charge is 0.401 e. The monoisotopic (exact) mass is 288 g/mol. The molecule has 0 nitrogen and oxygen atoms in total. The smallest absolute Gasteiger partial charge is 0.185 e. The van der Waals surface area contributed by atoms with Crippen molar-refractivity contribution in [3.63, 3.8) is 0 Å². The van der Waals surface area contributed by atoms with Crippen LogP contribution in [-0.2, 0) is 0 Å². The lowest BCUT2D eigenvalue weighted by molar-refractivity contribution is 0.112. The standard InChI is InChI=1S/C2HCl3F2.CCl2F2/c3-1(4)2(5,6)7;2-1(3,4)5/h1H;. The van der Waals surface area contributed by atoms with E-state index >= 15 is 0 Å². The summed E-state index contributed by atoms with van der Waals surface area (Å²) in [7, 11) is 0. The zero-order valence-corrected chi connectivity index (χ0v) is 8.76. The van der Waals surface area contributed by atoms with Gasteiger partial charge in [0.25, 0.3) is 0 Å². The van der Waals surface area contributed by atoms with Gasteiger partial charge in [-0.25, -0.2) is 0 Å². The summed E-state index contributed by atoms with van der Waals surface area (Å²) in [5.74, 6) is 0. The molecule has 76 valence electrons. The predicted octanol–water partition coefficient (Wildman–Crippen LogP) is 4.64. The fraction of sp³-hybridized carbons (Fsp3) is 1.00. The third-order valence-electron chi connectivity index (χ3n) is 0.247. The Morgan fingerprint density at radius 1 is 0.833 bits per heavy atom. The van der Waals surface area contributed by atoms with E-state index in [4.69, 9.17) is 0 Å². The van der Waals surface area contributed by atoms with Gasteiger partial charge in [-0.05, 0) is 34.8 Å². The highest BCUT2D eigenvalue weighted by molar-refractivity contribution is 6.48. The Labute approximate surface area is 90.7 Å². The van der Waals surface area contributed by atoms with Crippen molar-refractivity contribution in [2.45, 2.75) is 15.1 Å². The molecule has 0 unspecified atom stereocenters. The molecule has 0 N–H and O–H groups in total. The summed E-state index contributed by atoms with van der Waals surface area (Å²) in [6.45, 7) is 0. The van der Waals surface area contributed by atoms with Gasteiger partial charge >= 0.3 is 10.2 Å². The number of rotatable bonds is 1. The van der Waals surface area contributed by atoms with E-state index in [1.54, 1.807) is 0 Å². The van der Waals surface area contributed by atoms with Crippen LogP contribution in [0.1, 0.15) is 0 Å². The molecule has 0 spiro atoms. The van der Waals surface area contributed by atoms with Gasteiger partial charge in [0.05, 0.1) is 0 Å². The summed E-state index contributed by atoms with van der Waals surface area (Å²) in [6.07, 6.45) is 0. The summed E-state index contributed by atoms with van der Waals surface area (Å²) in [5, 5.41) is -3.50. The molecule has 0 atom stereocenters. The first-order chi connectivity index (χ1) is 4.94. The lowest BCUT2D eigenvalue weighted by Gasteiger charge is -2.05. The van der Waals surface area contributed by atoms with E-state index in [0.717, 1.165) is 0 Å². The molecule has 0 aliphatic rings. The molecule has 0 rings (SSSR count). The van der Waals surface area contributed by atoms with Crippen molar-refractivity contribution in [1.29, 1.82) is 0 Å². The highest BCUT2D eigenvalue weighted by Crippen LogP contribution is 2.29. The first kappa shape index (κ1) is 15.6. The Morgan fingerprint density at radius 2 is 0.917 bits per heavy atom. The molecule has 0 fully saturated rings. The SMILES string of the molecule is FC(F)(Cl)C(Cl)Cl.FC(F)(Cl)Cl.